The summed E-state index contributed by atoms with van der Waals surface area (Å²) in [6, 6.07) is 20.4. The van der Waals surface area contributed by atoms with E-state index in [1.165, 1.54) is 18.2 Å². The Morgan fingerprint density at radius 3 is 2.47 bits per heavy atom. The first kappa shape index (κ1) is 19.4. The van der Waals surface area contributed by atoms with E-state index in [9.17, 15) is 14.0 Å². The molecule has 0 fully saturated rings. The molecule has 0 saturated heterocycles. The molecule has 0 saturated carbocycles. The van der Waals surface area contributed by atoms with Gasteiger partial charge in [0.15, 0.2) is 0 Å². The van der Waals surface area contributed by atoms with Gasteiger partial charge in [-0.2, -0.15) is 0 Å². The standard InChI is InChI=1S/C24H19FN2O3/c1-2-30-18-12-10-16(11-13-18)19-15-17-7-5-6-14-27(17)22(19)23(28)24(29)26-21-9-4-3-8-20(21)25/h3-15H,2H2,1H3,(H,26,29). The lowest BCUT2D eigenvalue weighted by molar-refractivity contribution is -0.112. The van der Waals surface area contributed by atoms with Crippen LogP contribution in [0.5, 0.6) is 5.75 Å². The maximum absolute atomic E-state index is 13.9. The van der Waals surface area contributed by atoms with Crippen molar-refractivity contribution in [3.05, 3.63) is 90.5 Å². The fraction of sp³-hybridized carbons (Fsp3) is 0.0833. The van der Waals surface area contributed by atoms with Gasteiger partial charge in [0, 0.05) is 17.3 Å². The Morgan fingerprint density at radius 1 is 1.00 bits per heavy atom. The molecular weight excluding hydrogens is 383 g/mol. The summed E-state index contributed by atoms with van der Waals surface area (Å²) in [7, 11) is 0. The van der Waals surface area contributed by atoms with E-state index in [0.717, 1.165) is 16.8 Å². The normalized spacial score (nSPS) is 10.7. The van der Waals surface area contributed by atoms with E-state index < -0.39 is 17.5 Å². The zero-order valence-corrected chi connectivity index (χ0v) is 16.3. The second kappa shape index (κ2) is 8.21. The molecule has 0 atom stereocenters. The van der Waals surface area contributed by atoms with Crippen molar-refractivity contribution in [2.45, 2.75) is 6.92 Å². The molecular formula is C24H19FN2O3. The molecule has 150 valence electrons. The first-order valence-electron chi connectivity index (χ1n) is 9.52. The number of carbonyl (C=O) groups excluding carboxylic acids is 2. The Morgan fingerprint density at radius 2 is 1.73 bits per heavy atom. The van der Waals surface area contributed by atoms with E-state index in [-0.39, 0.29) is 11.4 Å². The number of aromatic nitrogens is 1. The predicted molar refractivity (Wildman–Crippen MR) is 113 cm³/mol. The van der Waals surface area contributed by atoms with Crippen molar-refractivity contribution in [3.8, 4) is 16.9 Å². The van der Waals surface area contributed by atoms with Crippen molar-refractivity contribution in [2.24, 2.45) is 0 Å². The molecule has 0 unspecified atom stereocenters. The second-order valence-electron chi connectivity index (χ2n) is 6.62. The lowest BCUT2D eigenvalue weighted by Crippen LogP contribution is -2.25. The summed E-state index contributed by atoms with van der Waals surface area (Å²) in [6.45, 7) is 2.45. The summed E-state index contributed by atoms with van der Waals surface area (Å²) in [6.07, 6.45) is 1.72. The number of ketones is 1. The summed E-state index contributed by atoms with van der Waals surface area (Å²) in [4.78, 5) is 25.8. The number of carbonyl (C=O) groups is 2. The van der Waals surface area contributed by atoms with Crippen LogP contribution in [-0.4, -0.2) is 22.7 Å². The van der Waals surface area contributed by atoms with Gasteiger partial charge in [-0.15, -0.1) is 0 Å². The molecule has 0 radical (unpaired) electrons. The minimum absolute atomic E-state index is 0.0423. The molecule has 0 spiro atoms. The van der Waals surface area contributed by atoms with Crippen LogP contribution >= 0.6 is 0 Å². The van der Waals surface area contributed by atoms with Crippen LogP contribution in [-0.2, 0) is 4.79 Å². The van der Waals surface area contributed by atoms with Gasteiger partial charge in [0.25, 0.3) is 11.7 Å². The number of Topliss-reactive ketones (excluding diaryl/α,β-unsaturated/α-hetero) is 1. The number of hydrogen-bond donors (Lipinski definition) is 1. The van der Waals surface area contributed by atoms with Crippen LogP contribution in [0.15, 0.2) is 79.0 Å². The molecule has 6 heteroatoms. The SMILES string of the molecule is CCOc1ccc(-c2cc3ccccn3c2C(=O)C(=O)Nc2ccccc2F)cc1. The topological polar surface area (TPSA) is 59.8 Å². The number of halogens is 1. The molecule has 1 N–H and O–H groups in total. The van der Waals surface area contributed by atoms with Crippen molar-refractivity contribution in [1.29, 1.82) is 0 Å². The third-order valence-electron chi connectivity index (χ3n) is 4.70. The number of hydrogen-bond acceptors (Lipinski definition) is 3. The summed E-state index contributed by atoms with van der Waals surface area (Å²) in [5.41, 5.74) is 2.31. The smallest absolute Gasteiger partial charge is 0.298 e. The Bertz CT molecular complexity index is 1230. The van der Waals surface area contributed by atoms with Crippen molar-refractivity contribution in [2.75, 3.05) is 11.9 Å². The summed E-state index contributed by atoms with van der Waals surface area (Å²) in [5, 5.41) is 2.37. The van der Waals surface area contributed by atoms with Crippen molar-refractivity contribution in [1.82, 2.24) is 4.40 Å². The summed E-state index contributed by atoms with van der Waals surface area (Å²) < 4.78 is 21.0. The third kappa shape index (κ3) is 3.67. The molecule has 2 aromatic carbocycles. The van der Waals surface area contributed by atoms with E-state index in [1.807, 2.05) is 49.4 Å². The van der Waals surface area contributed by atoms with Gasteiger partial charge >= 0.3 is 0 Å². The molecule has 4 aromatic rings. The van der Waals surface area contributed by atoms with Gasteiger partial charge in [-0.3, -0.25) is 9.59 Å². The zero-order chi connectivity index (χ0) is 21.1. The highest BCUT2D eigenvalue weighted by atomic mass is 19.1. The quantitative estimate of drug-likeness (QED) is 0.366. The number of nitrogens with zero attached hydrogens (tertiary/aromatic N) is 1. The first-order valence-corrected chi connectivity index (χ1v) is 9.52. The maximum Gasteiger partial charge on any atom is 0.298 e. The van der Waals surface area contributed by atoms with Crippen molar-refractivity contribution < 1.29 is 18.7 Å². The number of nitrogens with one attached hydrogen (secondary N) is 1. The predicted octanol–water partition coefficient (Wildman–Crippen LogP) is 4.97. The van der Waals surface area contributed by atoms with Crippen LogP contribution in [0.1, 0.15) is 17.4 Å². The average Bonchev–Trinajstić information content (AvgIpc) is 3.15. The van der Waals surface area contributed by atoms with Gasteiger partial charge in [0.2, 0.25) is 0 Å². The number of ether oxygens (including phenoxy) is 1. The van der Waals surface area contributed by atoms with Gasteiger partial charge in [0.1, 0.15) is 17.3 Å². The molecule has 5 nitrogen and oxygen atoms in total. The Balaban J connectivity index is 1.75. The number of pyridine rings is 1. The number of anilines is 1. The van der Waals surface area contributed by atoms with Crippen molar-refractivity contribution in [3.63, 3.8) is 0 Å². The van der Waals surface area contributed by atoms with Gasteiger partial charge < -0.3 is 14.5 Å². The number of fused-ring (bicyclic) bond motifs is 1. The second-order valence-corrected chi connectivity index (χ2v) is 6.62. The molecule has 1 amide bonds. The van der Waals surface area contributed by atoms with Gasteiger partial charge in [0.05, 0.1) is 12.3 Å². The number of amides is 1. The molecule has 0 bridgehead atoms. The minimum Gasteiger partial charge on any atom is -0.494 e. The molecule has 0 aliphatic rings. The Hall–Kier alpha value is -3.93. The third-order valence-corrected chi connectivity index (χ3v) is 4.70. The number of rotatable bonds is 6. The molecule has 2 heterocycles. The summed E-state index contributed by atoms with van der Waals surface area (Å²) >= 11 is 0. The highest BCUT2D eigenvalue weighted by molar-refractivity contribution is 6.47. The van der Waals surface area contributed by atoms with Crippen LogP contribution in [0.25, 0.3) is 16.6 Å². The zero-order valence-electron chi connectivity index (χ0n) is 16.3. The van der Waals surface area contributed by atoms with Crippen LogP contribution < -0.4 is 10.1 Å². The minimum atomic E-state index is -0.906. The largest absolute Gasteiger partial charge is 0.494 e. The lowest BCUT2D eigenvalue weighted by atomic mass is 10.0. The van der Waals surface area contributed by atoms with Gasteiger partial charge in [-0.05, 0) is 55.0 Å². The molecule has 0 aliphatic carbocycles. The van der Waals surface area contributed by atoms with E-state index >= 15 is 0 Å². The highest BCUT2D eigenvalue weighted by Crippen LogP contribution is 2.30. The van der Waals surface area contributed by atoms with Crippen LogP contribution in [0.4, 0.5) is 10.1 Å². The fourth-order valence-corrected chi connectivity index (χ4v) is 3.32. The van der Waals surface area contributed by atoms with E-state index in [4.69, 9.17) is 4.74 Å². The van der Waals surface area contributed by atoms with Crippen molar-refractivity contribution >= 4 is 22.9 Å². The monoisotopic (exact) mass is 402 g/mol. The maximum atomic E-state index is 13.9. The van der Waals surface area contributed by atoms with Crippen LogP contribution in [0, 0.1) is 5.82 Å². The first-order chi connectivity index (χ1) is 14.6. The fourth-order valence-electron chi connectivity index (χ4n) is 3.32. The molecule has 30 heavy (non-hydrogen) atoms. The van der Waals surface area contributed by atoms with Gasteiger partial charge in [-0.25, -0.2) is 4.39 Å². The highest BCUT2D eigenvalue weighted by Gasteiger charge is 2.25. The average molecular weight is 402 g/mol. The van der Waals surface area contributed by atoms with E-state index in [0.29, 0.717) is 12.2 Å². The van der Waals surface area contributed by atoms with Gasteiger partial charge in [-0.1, -0.05) is 30.3 Å². The molecule has 4 rings (SSSR count). The van der Waals surface area contributed by atoms with Crippen LogP contribution in [0.3, 0.4) is 0 Å². The summed E-state index contributed by atoms with van der Waals surface area (Å²) in [5.74, 6) is -1.55. The van der Waals surface area contributed by atoms with Crippen LogP contribution in [0.2, 0.25) is 0 Å². The lowest BCUT2D eigenvalue weighted by Gasteiger charge is -2.09. The molecule has 2 aromatic heterocycles. The van der Waals surface area contributed by atoms with E-state index in [1.54, 1.807) is 22.7 Å². The molecule has 0 aliphatic heterocycles. The van der Waals surface area contributed by atoms with E-state index in [2.05, 4.69) is 5.32 Å². The number of benzene rings is 2. The Labute approximate surface area is 172 Å². The Kier molecular flexibility index (Phi) is 5.30. The number of para-hydroxylation sites is 1.